The molecule has 0 N–H and O–H groups in total. The summed E-state index contributed by atoms with van der Waals surface area (Å²) in [6, 6.07) is 3.92. The van der Waals surface area contributed by atoms with Crippen molar-refractivity contribution in [2.24, 2.45) is 0 Å². The molecule has 1 aliphatic heterocycles. The van der Waals surface area contributed by atoms with E-state index in [0.29, 0.717) is 6.10 Å². The van der Waals surface area contributed by atoms with Gasteiger partial charge in [-0.05, 0) is 31.9 Å². The Hall–Kier alpha value is -1.42. The molecule has 84 valence electrons. The molecule has 0 bridgehead atoms. The summed E-state index contributed by atoms with van der Waals surface area (Å²) in [5.41, 5.74) is 1.94. The Bertz CT molecular complexity index is 500. The molecule has 3 rings (SSSR count). The van der Waals surface area contributed by atoms with Crippen molar-refractivity contribution in [1.29, 1.82) is 0 Å². The molecule has 0 aromatic carbocycles. The van der Waals surface area contributed by atoms with Gasteiger partial charge < -0.3 is 9.30 Å². The maximum Gasteiger partial charge on any atom is 0.160 e. The Kier molecular flexibility index (Phi) is 2.36. The SMILES string of the molecule is Cc1nc2cccnc2n1CC1CCCO1. The highest BCUT2D eigenvalue weighted by atomic mass is 16.5. The van der Waals surface area contributed by atoms with E-state index in [0.717, 1.165) is 36.6 Å². The largest absolute Gasteiger partial charge is 0.376 e. The van der Waals surface area contributed by atoms with Gasteiger partial charge in [0, 0.05) is 12.8 Å². The lowest BCUT2D eigenvalue weighted by molar-refractivity contribution is 0.0973. The lowest BCUT2D eigenvalue weighted by Gasteiger charge is -2.11. The fourth-order valence-electron chi connectivity index (χ4n) is 2.28. The maximum atomic E-state index is 5.65. The Labute approximate surface area is 94.3 Å². The molecule has 1 aliphatic rings. The predicted molar refractivity (Wildman–Crippen MR) is 61.2 cm³/mol. The molecule has 0 amide bonds. The zero-order valence-corrected chi connectivity index (χ0v) is 9.39. The second-order valence-electron chi connectivity index (χ2n) is 4.25. The van der Waals surface area contributed by atoms with E-state index in [1.54, 1.807) is 0 Å². The van der Waals surface area contributed by atoms with Gasteiger partial charge in [-0.25, -0.2) is 9.97 Å². The van der Waals surface area contributed by atoms with Gasteiger partial charge in [0.2, 0.25) is 0 Å². The zero-order valence-electron chi connectivity index (χ0n) is 9.39. The minimum Gasteiger partial charge on any atom is -0.376 e. The van der Waals surface area contributed by atoms with Crippen LogP contribution in [0.3, 0.4) is 0 Å². The summed E-state index contributed by atoms with van der Waals surface area (Å²) in [7, 11) is 0. The molecular formula is C12H15N3O. The van der Waals surface area contributed by atoms with Gasteiger partial charge in [-0.2, -0.15) is 0 Å². The van der Waals surface area contributed by atoms with Crippen molar-refractivity contribution in [1.82, 2.24) is 14.5 Å². The number of aryl methyl sites for hydroxylation is 1. The van der Waals surface area contributed by atoms with E-state index in [4.69, 9.17) is 4.74 Å². The minimum atomic E-state index is 0.332. The van der Waals surface area contributed by atoms with Crippen molar-refractivity contribution in [2.75, 3.05) is 6.61 Å². The third-order valence-corrected chi connectivity index (χ3v) is 3.10. The molecule has 0 aliphatic carbocycles. The number of imidazole rings is 1. The van der Waals surface area contributed by atoms with Crippen LogP contribution in [-0.2, 0) is 11.3 Å². The van der Waals surface area contributed by atoms with Crippen LogP contribution in [0.15, 0.2) is 18.3 Å². The molecule has 0 saturated carbocycles. The van der Waals surface area contributed by atoms with Crippen LogP contribution in [0.2, 0.25) is 0 Å². The molecule has 1 atom stereocenters. The topological polar surface area (TPSA) is 39.9 Å². The summed E-state index contributed by atoms with van der Waals surface area (Å²) in [5.74, 6) is 1.02. The van der Waals surface area contributed by atoms with E-state index in [-0.39, 0.29) is 0 Å². The average Bonchev–Trinajstić information content (AvgIpc) is 2.89. The molecule has 0 radical (unpaired) electrons. The van der Waals surface area contributed by atoms with Crippen LogP contribution in [0.4, 0.5) is 0 Å². The number of hydrogen-bond donors (Lipinski definition) is 0. The Balaban J connectivity index is 1.98. The Morgan fingerprint density at radius 1 is 1.56 bits per heavy atom. The van der Waals surface area contributed by atoms with Crippen LogP contribution < -0.4 is 0 Å². The number of ether oxygens (including phenoxy) is 1. The molecule has 1 fully saturated rings. The highest BCUT2D eigenvalue weighted by Crippen LogP contribution is 2.18. The van der Waals surface area contributed by atoms with Gasteiger partial charge in [-0.1, -0.05) is 0 Å². The maximum absolute atomic E-state index is 5.65. The monoisotopic (exact) mass is 217 g/mol. The Morgan fingerprint density at radius 2 is 2.50 bits per heavy atom. The molecule has 2 aromatic rings. The van der Waals surface area contributed by atoms with Gasteiger partial charge in [-0.15, -0.1) is 0 Å². The predicted octanol–water partition coefficient (Wildman–Crippen LogP) is 1.92. The van der Waals surface area contributed by atoms with E-state index in [2.05, 4.69) is 14.5 Å². The van der Waals surface area contributed by atoms with Crippen LogP contribution in [0.5, 0.6) is 0 Å². The standard InChI is InChI=1S/C12H15N3O/c1-9-14-11-5-2-6-13-12(11)15(9)8-10-4-3-7-16-10/h2,5-6,10H,3-4,7-8H2,1H3. The van der Waals surface area contributed by atoms with Crippen LogP contribution in [0.1, 0.15) is 18.7 Å². The number of rotatable bonds is 2. The fraction of sp³-hybridized carbons (Fsp3) is 0.500. The van der Waals surface area contributed by atoms with Gasteiger partial charge in [-0.3, -0.25) is 0 Å². The van der Waals surface area contributed by atoms with E-state index < -0.39 is 0 Å². The van der Waals surface area contributed by atoms with Crippen LogP contribution in [0, 0.1) is 6.92 Å². The third kappa shape index (κ3) is 1.59. The van der Waals surface area contributed by atoms with Gasteiger partial charge in [0.15, 0.2) is 5.65 Å². The average molecular weight is 217 g/mol. The van der Waals surface area contributed by atoms with Gasteiger partial charge in [0.25, 0.3) is 0 Å². The molecule has 2 aromatic heterocycles. The number of pyridine rings is 1. The molecular weight excluding hydrogens is 202 g/mol. The normalized spacial score (nSPS) is 20.7. The first-order valence-corrected chi connectivity index (χ1v) is 5.74. The first-order chi connectivity index (χ1) is 7.84. The van der Waals surface area contributed by atoms with E-state index >= 15 is 0 Å². The number of aromatic nitrogens is 3. The van der Waals surface area contributed by atoms with Crippen molar-refractivity contribution in [3.05, 3.63) is 24.2 Å². The summed E-state index contributed by atoms with van der Waals surface area (Å²) in [6.07, 6.45) is 4.46. The van der Waals surface area contributed by atoms with Crippen LogP contribution in [-0.4, -0.2) is 27.2 Å². The van der Waals surface area contributed by atoms with Gasteiger partial charge >= 0.3 is 0 Å². The summed E-state index contributed by atoms with van der Waals surface area (Å²) >= 11 is 0. The van der Waals surface area contributed by atoms with Crippen molar-refractivity contribution in [2.45, 2.75) is 32.4 Å². The lowest BCUT2D eigenvalue weighted by atomic mass is 10.2. The fourth-order valence-corrected chi connectivity index (χ4v) is 2.28. The highest BCUT2D eigenvalue weighted by molar-refractivity contribution is 5.71. The molecule has 3 heterocycles. The summed E-state index contributed by atoms with van der Waals surface area (Å²) < 4.78 is 7.81. The molecule has 1 saturated heterocycles. The number of fused-ring (bicyclic) bond motifs is 1. The summed E-state index contributed by atoms with van der Waals surface area (Å²) in [6.45, 7) is 3.79. The van der Waals surface area contributed by atoms with Crippen molar-refractivity contribution >= 4 is 11.2 Å². The van der Waals surface area contributed by atoms with Crippen LogP contribution in [0.25, 0.3) is 11.2 Å². The second kappa shape index (κ2) is 3.87. The first kappa shape index (κ1) is 9.78. The number of hydrogen-bond acceptors (Lipinski definition) is 3. The van der Waals surface area contributed by atoms with E-state index in [1.165, 1.54) is 6.42 Å². The molecule has 4 heteroatoms. The minimum absolute atomic E-state index is 0.332. The van der Waals surface area contributed by atoms with Gasteiger partial charge in [0.1, 0.15) is 11.3 Å². The van der Waals surface area contributed by atoms with Crippen molar-refractivity contribution in [3.63, 3.8) is 0 Å². The van der Waals surface area contributed by atoms with Crippen LogP contribution >= 0.6 is 0 Å². The summed E-state index contributed by atoms with van der Waals surface area (Å²) in [4.78, 5) is 8.89. The third-order valence-electron chi connectivity index (χ3n) is 3.10. The van der Waals surface area contributed by atoms with E-state index in [9.17, 15) is 0 Å². The smallest absolute Gasteiger partial charge is 0.160 e. The molecule has 0 spiro atoms. The quantitative estimate of drug-likeness (QED) is 0.771. The number of nitrogens with zero attached hydrogens (tertiary/aromatic N) is 3. The van der Waals surface area contributed by atoms with Crippen molar-refractivity contribution in [3.8, 4) is 0 Å². The summed E-state index contributed by atoms with van der Waals surface area (Å²) in [5, 5.41) is 0. The highest BCUT2D eigenvalue weighted by Gasteiger charge is 2.18. The molecule has 1 unspecified atom stereocenters. The van der Waals surface area contributed by atoms with Gasteiger partial charge in [0.05, 0.1) is 12.6 Å². The lowest BCUT2D eigenvalue weighted by Crippen LogP contribution is -2.16. The zero-order chi connectivity index (χ0) is 11.0. The molecule has 16 heavy (non-hydrogen) atoms. The first-order valence-electron chi connectivity index (χ1n) is 5.74. The molecule has 4 nitrogen and oxygen atoms in total. The Morgan fingerprint density at radius 3 is 3.31 bits per heavy atom. The van der Waals surface area contributed by atoms with Crippen molar-refractivity contribution < 1.29 is 4.74 Å². The second-order valence-corrected chi connectivity index (χ2v) is 4.25. The van der Waals surface area contributed by atoms with E-state index in [1.807, 2.05) is 25.3 Å².